The summed E-state index contributed by atoms with van der Waals surface area (Å²) in [5.41, 5.74) is 7.72. The van der Waals surface area contributed by atoms with Gasteiger partial charge in [-0.05, 0) is 38.0 Å². The van der Waals surface area contributed by atoms with Crippen molar-refractivity contribution in [2.75, 3.05) is 30.7 Å². The van der Waals surface area contributed by atoms with E-state index in [1.165, 1.54) is 0 Å². The predicted molar refractivity (Wildman–Crippen MR) is 76.3 cm³/mol. The maximum Gasteiger partial charge on any atom is 0.253 e. The fourth-order valence-corrected chi connectivity index (χ4v) is 2.19. The van der Waals surface area contributed by atoms with Crippen molar-refractivity contribution in [3.63, 3.8) is 0 Å². The molecule has 1 fully saturated rings. The molecule has 1 aliphatic heterocycles. The first-order valence-corrected chi connectivity index (χ1v) is 6.74. The number of nitrogens with two attached hydrogens (primary N) is 1. The maximum atomic E-state index is 12.0. The lowest BCUT2D eigenvalue weighted by Gasteiger charge is -2.15. The van der Waals surface area contributed by atoms with E-state index in [-0.39, 0.29) is 12.0 Å². The summed E-state index contributed by atoms with van der Waals surface area (Å²) in [6.45, 7) is 4.04. The second kappa shape index (κ2) is 6.43. The summed E-state index contributed by atoms with van der Waals surface area (Å²) in [5.74, 6) is -0.107. The Morgan fingerprint density at radius 2 is 2.37 bits per heavy atom. The van der Waals surface area contributed by atoms with Crippen molar-refractivity contribution in [1.29, 1.82) is 0 Å². The molecule has 0 radical (unpaired) electrons. The number of nitrogen functional groups attached to an aromatic ring is 1. The lowest BCUT2D eigenvalue weighted by atomic mass is 10.1. The highest BCUT2D eigenvalue weighted by Gasteiger charge is 2.17. The Morgan fingerprint density at radius 1 is 1.53 bits per heavy atom. The SMILES string of the molecule is CCNC(=O)c1cc(N)ccc1NCC1CCCO1. The summed E-state index contributed by atoms with van der Waals surface area (Å²) in [6.07, 6.45) is 2.41. The molecule has 0 bridgehead atoms. The zero-order valence-electron chi connectivity index (χ0n) is 11.2. The van der Waals surface area contributed by atoms with Gasteiger partial charge in [0.25, 0.3) is 5.91 Å². The highest BCUT2D eigenvalue weighted by Crippen LogP contribution is 2.20. The summed E-state index contributed by atoms with van der Waals surface area (Å²) < 4.78 is 5.56. The van der Waals surface area contributed by atoms with Gasteiger partial charge < -0.3 is 21.1 Å². The predicted octanol–water partition coefficient (Wildman–Crippen LogP) is 1.61. The third-order valence-corrected chi connectivity index (χ3v) is 3.17. The Hall–Kier alpha value is -1.75. The first-order valence-electron chi connectivity index (χ1n) is 6.74. The van der Waals surface area contributed by atoms with Gasteiger partial charge in [-0.1, -0.05) is 0 Å². The van der Waals surface area contributed by atoms with Crippen LogP contribution in [0.2, 0.25) is 0 Å². The molecule has 1 aromatic carbocycles. The van der Waals surface area contributed by atoms with Crippen LogP contribution in [0.15, 0.2) is 18.2 Å². The summed E-state index contributed by atoms with van der Waals surface area (Å²) in [4.78, 5) is 12.0. The summed E-state index contributed by atoms with van der Waals surface area (Å²) in [7, 11) is 0. The number of anilines is 2. The Morgan fingerprint density at radius 3 is 3.05 bits per heavy atom. The average molecular weight is 263 g/mol. The van der Waals surface area contributed by atoms with Crippen molar-refractivity contribution in [2.45, 2.75) is 25.9 Å². The Bertz CT molecular complexity index is 442. The van der Waals surface area contributed by atoms with Gasteiger partial charge in [0.15, 0.2) is 0 Å². The third kappa shape index (κ3) is 3.61. The molecule has 0 aromatic heterocycles. The number of benzene rings is 1. The van der Waals surface area contributed by atoms with Crippen LogP contribution in [0.1, 0.15) is 30.1 Å². The number of carbonyl (C=O) groups is 1. The van der Waals surface area contributed by atoms with Crippen molar-refractivity contribution < 1.29 is 9.53 Å². The molecule has 0 aliphatic carbocycles. The van der Waals surface area contributed by atoms with E-state index in [0.717, 1.165) is 31.7 Å². The van der Waals surface area contributed by atoms with Crippen molar-refractivity contribution in [3.8, 4) is 0 Å². The molecule has 1 heterocycles. The first-order chi connectivity index (χ1) is 9.20. The van der Waals surface area contributed by atoms with Gasteiger partial charge in [-0.2, -0.15) is 0 Å². The largest absolute Gasteiger partial charge is 0.399 e. The normalized spacial score (nSPS) is 18.3. The van der Waals surface area contributed by atoms with E-state index in [4.69, 9.17) is 10.5 Å². The minimum Gasteiger partial charge on any atom is -0.399 e. The van der Waals surface area contributed by atoms with E-state index in [1.807, 2.05) is 13.0 Å². The van der Waals surface area contributed by atoms with Gasteiger partial charge in [0.2, 0.25) is 0 Å². The van der Waals surface area contributed by atoms with Crippen LogP contribution in [0.4, 0.5) is 11.4 Å². The van der Waals surface area contributed by atoms with Crippen molar-refractivity contribution in [1.82, 2.24) is 5.32 Å². The maximum absolute atomic E-state index is 12.0. The minimum absolute atomic E-state index is 0.107. The summed E-state index contributed by atoms with van der Waals surface area (Å²) in [5, 5.41) is 6.07. The van der Waals surface area contributed by atoms with E-state index >= 15 is 0 Å². The van der Waals surface area contributed by atoms with Crippen molar-refractivity contribution in [3.05, 3.63) is 23.8 Å². The van der Waals surface area contributed by atoms with Crippen LogP contribution in [-0.4, -0.2) is 31.7 Å². The second-order valence-corrected chi connectivity index (χ2v) is 4.68. The zero-order chi connectivity index (χ0) is 13.7. The molecule has 5 nitrogen and oxygen atoms in total. The van der Waals surface area contributed by atoms with Crippen molar-refractivity contribution in [2.24, 2.45) is 0 Å². The van der Waals surface area contributed by atoms with E-state index in [0.29, 0.717) is 17.8 Å². The molecule has 2 rings (SSSR count). The molecule has 1 aromatic rings. The highest BCUT2D eigenvalue weighted by atomic mass is 16.5. The van der Waals surface area contributed by atoms with Crippen LogP contribution < -0.4 is 16.4 Å². The topological polar surface area (TPSA) is 76.4 Å². The first kappa shape index (κ1) is 13.7. The van der Waals surface area contributed by atoms with Gasteiger partial charge in [0, 0.05) is 31.1 Å². The molecule has 1 saturated heterocycles. The molecule has 4 N–H and O–H groups in total. The van der Waals surface area contributed by atoms with Crippen LogP contribution >= 0.6 is 0 Å². The van der Waals surface area contributed by atoms with Crippen LogP contribution in [0.5, 0.6) is 0 Å². The molecule has 0 spiro atoms. The molecule has 19 heavy (non-hydrogen) atoms. The zero-order valence-corrected chi connectivity index (χ0v) is 11.2. The monoisotopic (exact) mass is 263 g/mol. The van der Waals surface area contributed by atoms with Crippen LogP contribution in [0, 0.1) is 0 Å². The van der Waals surface area contributed by atoms with Crippen LogP contribution in [0.3, 0.4) is 0 Å². The fraction of sp³-hybridized carbons (Fsp3) is 0.500. The van der Waals surface area contributed by atoms with Crippen LogP contribution in [-0.2, 0) is 4.74 Å². The van der Waals surface area contributed by atoms with E-state index < -0.39 is 0 Å². The van der Waals surface area contributed by atoms with Gasteiger partial charge in [0.1, 0.15) is 0 Å². The average Bonchev–Trinajstić information content (AvgIpc) is 2.90. The lowest BCUT2D eigenvalue weighted by molar-refractivity contribution is 0.0956. The number of ether oxygens (including phenoxy) is 1. The van der Waals surface area contributed by atoms with E-state index in [1.54, 1.807) is 12.1 Å². The van der Waals surface area contributed by atoms with Gasteiger partial charge in [0.05, 0.1) is 11.7 Å². The van der Waals surface area contributed by atoms with Crippen molar-refractivity contribution >= 4 is 17.3 Å². The number of hydrogen-bond acceptors (Lipinski definition) is 4. The number of hydrogen-bond donors (Lipinski definition) is 3. The Labute approximate surface area is 113 Å². The number of rotatable bonds is 5. The van der Waals surface area contributed by atoms with Gasteiger partial charge in [-0.15, -0.1) is 0 Å². The number of amides is 1. The summed E-state index contributed by atoms with van der Waals surface area (Å²) in [6, 6.07) is 5.33. The third-order valence-electron chi connectivity index (χ3n) is 3.17. The molecular formula is C14H21N3O2. The smallest absolute Gasteiger partial charge is 0.253 e. The van der Waals surface area contributed by atoms with Gasteiger partial charge >= 0.3 is 0 Å². The Balaban J connectivity index is 2.07. The summed E-state index contributed by atoms with van der Waals surface area (Å²) >= 11 is 0. The molecule has 1 aliphatic rings. The molecule has 1 amide bonds. The van der Waals surface area contributed by atoms with Gasteiger partial charge in [-0.25, -0.2) is 0 Å². The van der Waals surface area contributed by atoms with E-state index in [2.05, 4.69) is 10.6 Å². The quantitative estimate of drug-likeness (QED) is 0.705. The molecule has 5 heteroatoms. The molecule has 104 valence electrons. The molecular weight excluding hydrogens is 242 g/mol. The lowest BCUT2D eigenvalue weighted by Crippen LogP contribution is -2.25. The molecule has 1 atom stereocenters. The Kier molecular flexibility index (Phi) is 4.63. The highest BCUT2D eigenvalue weighted by molar-refractivity contribution is 6.00. The van der Waals surface area contributed by atoms with E-state index in [9.17, 15) is 4.79 Å². The fourth-order valence-electron chi connectivity index (χ4n) is 2.19. The minimum atomic E-state index is -0.107. The van der Waals surface area contributed by atoms with Gasteiger partial charge in [-0.3, -0.25) is 4.79 Å². The standard InChI is InChI=1S/C14H21N3O2/c1-2-16-14(18)12-8-10(15)5-6-13(12)17-9-11-4-3-7-19-11/h5-6,8,11,17H,2-4,7,9,15H2,1H3,(H,16,18). The molecule has 0 saturated carbocycles. The second-order valence-electron chi connectivity index (χ2n) is 4.68. The van der Waals surface area contributed by atoms with Crippen LogP contribution in [0.25, 0.3) is 0 Å². The number of carbonyl (C=O) groups excluding carboxylic acids is 1. The number of nitrogens with one attached hydrogen (secondary N) is 2. The molecule has 1 unspecified atom stereocenters.